The van der Waals surface area contributed by atoms with Gasteiger partial charge in [0.1, 0.15) is 11.7 Å². The molecule has 0 saturated carbocycles. The summed E-state index contributed by atoms with van der Waals surface area (Å²) < 4.78 is 5.69. The molecule has 2 aliphatic heterocycles. The molecule has 3 unspecified atom stereocenters. The van der Waals surface area contributed by atoms with Crippen molar-refractivity contribution in [1.82, 2.24) is 10.4 Å². The quantitative estimate of drug-likeness (QED) is 0.406. The van der Waals surface area contributed by atoms with Gasteiger partial charge in [0.05, 0.1) is 18.2 Å². The first-order valence-electron chi connectivity index (χ1n) is 11.6. The third-order valence-corrected chi connectivity index (χ3v) is 7.36. The maximum absolute atomic E-state index is 13.2. The van der Waals surface area contributed by atoms with Gasteiger partial charge >= 0.3 is 0 Å². The molecule has 0 bridgehead atoms. The van der Waals surface area contributed by atoms with Crippen LogP contribution in [-0.4, -0.2) is 58.3 Å². The maximum Gasteiger partial charge on any atom is 0.272 e. The fraction of sp³-hybridized carbons (Fsp3) is 0.385. The van der Waals surface area contributed by atoms with Gasteiger partial charge in [-0.05, 0) is 43.0 Å². The van der Waals surface area contributed by atoms with Crippen LogP contribution < -0.4 is 10.4 Å². The van der Waals surface area contributed by atoms with Crippen LogP contribution in [0.15, 0.2) is 59.2 Å². The Balaban J connectivity index is 1.35. The van der Waals surface area contributed by atoms with E-state index in [1.165, 1.54) is 5.48 Å². The number of piperazine rings is 1. The van der Waals surface area contributed by atoms with Crippen LogP contribution in [0.25, 0.3) is 22.1 Å². The van der Waals surface area contributed by atoms with E-state index in [2.05, 4.69) is 35.2 Å². The number of furan rings is 1. The van der Waals surface area contributed by atoms with Crippen molar-refractivity contribution in [1.29, 1.82) is 0 Å². The van der Waals surface area contributed by atoms with E-state index in [9.17, 15) is 14.7 Å². The second-order valence-electron chi connectivity index (χ2n) is 9.50. The normalized spacial score (nSPS) is 25.8. The number of fused-ring (bicyclic) bond motifs is 2. The lowest BCUT2D eigenvalue weighted by atomic mass is 9.78. The first-order valence-corrected chi connectivity index (χ1v) is 11.6. The summed E-state index contributed by atoms with van der Waals surface area (Å²) in [5.74, 6) is -1.93. The largest absolute Gasteiger partial charge is 0.464 e. The number of benzene rings is 2. The van der Waals surface area contributed by atoms with Crippen molar-refractivity contribution in [3.63, 3.8) is 0 Å². The SMILES string of the molecule is CC1C[C@@H]([C@H](O)C(=O)NO)C(=O)N2C(C)CN(c3ccc(-c4coc5ccccc45)cc3)CC12. The van der Waals surface area contributed by atoms with Crippen LogP contribution >= 0.6 is 0 Å². The average Bonchev–Trinajstić information content (AvgIpc) is 3.29. The highest BCUT2D eigenvalue weighted by Crippen LogP contribution is 2.37. The van der Waals surface area contributed by atoms with Crippen molar-refractivity contribution in [3.05, 3.63) is 54.8 Å². The van der Waals surface area contributed by atoms with E-state index in [4.69, 9.17) is 9.62 Å². The number of amides is 2. The number of piperidine rings is 1. The van der Waals surface area contributed by atoms with Crippen molar-refractivity contribution in [2.24, 2.45) is 11.8 Å². The molecule has 8 heteroatoms. The van der Waals surface area contributed by atoms with Gasteiger partial charge in [0.15, 0.2) is 0 Å². The number of aliphatic hydroxyl groups excluding tert-OH is 1. The highest BCUT2D eigenvalue weighted by molar-refractivity contribution is 5.94. The van der Waals surface area contributed by atoms with Gasteiger partial charge in [-0.25, -0.2) is 5.48 Å². The monoisotopic (exact) mass is 463 g/mol. The van der Waals surface area contributed by atoms with Gasteiger partial charge in [-0.2, -0.15) is 0 Å². The molecule has 0 spiro atoms. The summed E-state index contributed by atoms with van der Waals surface area (Å²) in [6.45, 7) is 5.37. The van der Waals surface area contributed by atoms with Gasteiger partial charge in [-0.1, -0.05) is 37.3 Å². The van der Waals surface area contributed by atoms with Gasteiger partial charge in [0, 0.05) is 35.8 Å². The molecule has 5 atom stereocenters. The molecule has 3 N–H and O–H groups in total. The fourth-order valence-electron chi connectivity index (χ4n) is 5.58. The second-order valence-corrected chi connectivity index (χ2v) is 9.50. The van der Waals surface area contributed by atoms with Crippen LogP contribution in [-0.2, 0) is 9.59 Å². The van der Waals surface area contributed by atoms with Crippen molar-refractivity contribution in [2.75, 3.05) is 18.0 Å². The summed E-state index contributed by atoms with van der Waals surface area (Å²) in [5, 5.41) is 20.2. The van der Waals surface area contributed by atoms with Gasteiger partial charge in [0.2, 0.25) is 5.91 Å². The molecule has 34 heavy (non-hydrogen) atoms. The van der Waals surface area contributed by atoms with E-state index in [0.29, 0.717) is 19.5 Å². The molecule has 3 aromatic rings. The third kappa shape index (κ3) is 3.73. The van der Waals surface area contributed by atoms with Crippen molar-refractivity contribution >= 4 is 28.5 Å². The zero-order valence-electron chi connectivity index (χ0n) is 19.2. The first-order chi connectivity index (χ1) is 16.4. The maximum atomic E-state index is 13.2. The van der Waals surface area contributed by atoms with Crippen LogP contribution in [0.4, 0.5) is 5.69 Å². The number of hydroxylamine groups is 1. The zero-order chi connectivity index (χ0) is 24.0. The molecular formula is C26H29N3O5. The predicted molar refractivity (Wildman–Crippen MR) is 127 cm³/mol. The van der Waals surface area contributed by atoms with Gasteiger partial charge in [-0.15, -0.1) is 0 Å². The molecule has 2 amide bonds. The van der Waals surface area contributed by atoms with Crippen LogP contribution in [0, 0.1) is 11.8 Å². The molecule has 2 aromatic carbocycles. The number of anilines is 1. The molecule has 0 aliphatic carbocycles. The molecule has 3 heterocycles. The number of hydrogen-bond acceptors (Lipinski definition) is 6. The average molecular weight is 464 g/mol. The van der Waals surface area contributed by atoms with Crippen LogP contribution in [0.2, 0.25) is 0 Å². The Bertz CT molecular complexity index is 1210. The summed E-state index contributed by atoms with van der Waals surface area (Å²) in [4.78, 5) is 29.0. The molecule has 5 rings (SSSR count). The first kappa shape index (κ1) is 22.4. The van der Waals surface area contributed by atoms with Crippen LogP contribution in [0.5, 0.6) is 0 Å². The van der Waals surface area contributed by atoms with Crippen molar-refractivity contribution in [2.45, 2.75) is 38.5 Å². The molecule has 8 nitrogen and oxygen atoms in total. The van der Waals surface area contributed by atoms with Gasteiger partial charge in [0.25, 0.3) is 5.91 Å². The van der Waals surface area contributed by atoms with E-state index in [1.807, 2.05) is 36.9 Å². The van der Waals surface area contributed by atoms with Crippen molar-refractivity contribution < 1.29 is 24.3 Å². The van der Waals surface area contributed by atoms with Crippen molar-refractivity contribution in [3.8, 4) is 11.1 Å². The second kappa shape index (κ2) is 8.77. The number of rotatable bonds is 4. The summed E-state index contributed by atoms with van der Waals surface area (Å²) in [7, 11) is 0. The number of hydrogen-bond donors (Lipinski definition) is 3. The van der Waals surface area contributed by atoms with E-state index in [-0.39, 0.29) is 23.9 Å². The van der Waals surface area contributed by atoms with E-state index >= 15 is 0 Å². The minimum Gasteiger partial charge on any atom is -0.464 e. The lowest BCUT2D eigenvalue weighted by Gasteiger charge is -2.53. The Labute approximate surface area is 197 Å². The van der Waals surface area contributed by atoms with Gasteiger partial charge < -0.3 is 19.3 Å². The van der Waals surface area contributed by atoms with E-state index < -0.39 is 17.9 Å². The Morgan fingerprint density at radius 2 is 1.85 bits per heavy atom. The Morgan fingerprint density at radius 3 is 2.59 bits per heavy atom. The Kier molecular flexibility index (Phi) is 5.79. The molecule has 2 saturated heterocycles. The number of aliphatic hydroxyl groups is 1. The third-order valence-electron chi connectivity index (χ3n) is 7.36. The molecule has 0 radical (unpaired) electrons. The summed E-state index contributed by atoms with van der Waals surface area (Å²) in [6, 6.07) is 16.3. The highest BCUT2D eigenvalue weighted by atomic mass is 16.5. The topological polar surface area (TPSA) is 106 Å². The predicted octanol–water partition coefficient (Wildman–Crippen LogP) is 3.03. The minimum atomic E-state index is -1.56. The number of nitrogens with one attached hydrogen (secondary N) is 1. The summed E-state index contributed by atoms with van der Waals surface area (Å²) in [5.41, 5.74) is 5.55. The minimum absolute atomic E-state index is 0.0191. The van der Waals surface area contributed by atoms with Gasteiger partial charge in [-0.3, -0.25) is 14.8 Å². The number of carbonyl (C=O) groups is 2. The lowest BCUT2D eigenvalue weighted by molar-refractivity contribution is -0.160. The Morgan fingerprint density at radius 1 is 1.12 bits per heavy atom. The fourth-order valence-corrected chi connectivity index (χ4v) is 5.58. The Hall–Kier alpha value is -3.36. The highest BCUT2D eigenvalue weighted by Gasteiger charge is 2.48. The number of carbonyl (C=O) groups excluding carboxylic acids is 2. The molecule has 1 aromatic heterocycles. The number of para-hydroxylation sites is 1. The standard InChI is InChI=1S/C26H29N3O5/c1-15-11-20(24(30)25(31)27-33)26(32)29-16(2)12-28(13-22(15)29)18-9-7-17(8-10-18)21-14-34-23-6-4-3-5-19(21)23/h3-10,14-16,20,22,24,30,33H,11-13H2,1-2H3,(H,27,31)/t15?,16?,20-,22?,24-/m0/s1. The summed E-state index contributed by atoms with van der Waals surface area (Å²) in [6.07, 6.45) is 0.622. The molecule has 2 fully saturated rings. The van der Waals surface area contributed by atoms with E-state index in [1.54, 1.807) is 6.26 Å². The summed E-state index contributed by atoms with van der Waals surface area (Å²) >= 11 is 0. The zero-order valence-corrected chi connectivity index (χ0v) is 19.2. The molecular weight excluding hydrogens is 434 g/mol. The molecule has 2 aliphatic rings. The smallest absolute Gasteiger partial charge is 0.272 e. The van der Waals surface area contributed by atoms with Crippen LogP contribution in [0.3, 0.4) is 0 Å². The van der Waals surface area contributed by atoms with E-state index in [0.717, 1.165) is 27.8 Å². The lowest BCUT2D eigenvalue weighted by Crippen LogP contribution is -2.67. The van der Waals surface area contributed by atoms with Crippen LogP contribution in [0.1, 0.15) is 20.3 Å². The number of nitrogens with zero attached hydrogens (tertiary/aromatic N) is 2. The molecule has 178 valence electrons.